The Kier molecular flexibility index (Phi) is 4.58. The molecule has 5 heteroatoms. The molecule has 2 aliphatic rings. The molecule has 2 N–H and O–H groups in total. The summed E-state index contributed by atoms with van der Waals surface area (Å²) in [4.78, 5) is 24.4. The Morgan fingerprint density at radius 1 is 1.21 bits per heavy atom. The monoisotopic (exact) mass is 269 g/mol. The van der Waals surface area contributed by atoms with Crippen LogP contribution in [0.2, 0.25) is 0 Å². The Labute approximate surface area is 113 Å². The number of nitrogens with zero attached hydrogens (tertiary/aromatic N) is 1. The third-order valence-electron chi connectivity index (χ3n) is 4.53. The van der Waals surface area contributed by atoms with E-state index in [9.17, 15) is 19.8 Å². The Balaban J connectivity index is 1.90. The van der Waals surface area contributed by atoms with Gasteiger partial charge in [0.2, 0.25) is 11.8 Å². The Morgan fingerprint density at radius 3 is 2.37 bits per heavy atom. The zero-order chi connectivity index (χ0) is 14.0. The highest BCUT2D eigenvalue weighted by molar-refractivity contribution is 5.97. The number of aliphatic hydroxyl groups is 2. The molecule has 0 radical (unpaired) electrons. The summed E-state index contributed by atoms with van der Waals surface area (Å²) >= 11 is 0. The van der Waals surface area contributed by atoms with Crippen LogP contribution < -0.4 is 0 Å². The number of hydrogen-bond acceptors (Lipinski definition) is 4. The normalized spacial score (nSPS) is 31.6. The molecule has 0 spiro atoms. The lowest BCUT2D eigenvalue weighted by atomic mass is 9.78. The van der Waals surface area contributed by atoms with Gasteiger partial charge < -0.3 is 10.2 Å². The summed E-state index contributed by atoms with van der Waals surface area (Å²) in [6.07, 6.45) is 3.64. The first kappa shape index (κ1) is 14.5. The molecular weight excluding hydrogens is 246 g/mol. The van der Waals surface area contributed by atoms with Crippen LogP contribution in [0, 0.1) is 11.8 Å². The van der Waals surface area contributed by atoms with Crippen molar-refractivity contribution in [3.63, 3.8) is 0 Å². The predicted molar refractivity (Wildman–Crippen MR) is 69.1 cm³/mol. The third kappa shape index (κ3) is 3.34. The van der Waals surface area contributed by atoms with Gasteiger partial charge in [0.1, 0.15) is 0 Å². The van der Waals surface area contributed by atoms with E-state index in [4.69, 9.17) is 0 Å². The number of imide groups is 1. The molecule has 2 rings (SSSR count). The highest BCUT2D eigenvalue weighted by Gasteiger charge is 2.35. The fourth-order valence-corrected chi connectivity index (χ4v) is 3.25. The molecule has 1 heterocycles. The van der Waals surface area contributed by atoms with E-state index >= 15 is 0 Å². The maximum atomic E-state index is 11.6. The number of carbonyl (C=O) groups is 2. The smallest absolute Gasteiger partial charge is 0.229 e. The largest absolute Gasteiger partial charge is 0.393 e. The van der Waals surface area contributed by atoms with Crippen molar-refractivity contribution in [2.45, 2.75) is 57.2 Å². The second kappa shape index (κ2) is 6.01. The molecule has 1 aliphatic carbocycles. The number of carbonyl (C=O) groups excluding carboxylic acids is 2. The Morgan fingerprint density at radius 2 is 1.79 bits per heavy atom. The van der Waals surface area contributed by atoms with Gasteiger partial charge in [0.05, 0.1) is 12.2 Å². The molecule has 2 fully saturated rings. The topological polar surface area (TPSA) is 77.8 Å². The summed E-state index contributed by atoms with van der Waals surface area (Å²) in [7, 11) is 1.50. The molecule has 19 heavy (non-hydrogen) atoms. The summed E-state index contributed by atoms with van der Waals surface area (Å²) in [6, 6.07) is 0. The van der Waals surface area contributed by atoms with Crippen LogP contribution in [-0.4, -0.2) is 46.2 Å². The second-order valence-electron chi connectivity index (χ2n) is 5.94. The Hall–Kier alpha value is -0.940. The van der Waals surface area contributed by atoms with Gasteiger partial charge in [-0.1, -0.05) is 12.8 Å². The fraction of sp³-hybridized carbons (Fsp3) is 0.857. The van der Waals surface area contributed by atoms with Crippen molar-refractivity contribution in [1.82, 2.24) is 4.90 Å². The Bertz CT molecular complexity index is 339. The molecule has 1 saturated heterocycles. The van der Waals surface area contributed by atoms with Gasteiger partial charge >= 0.3 is 0 Å². The number of piperidine rings is 1. The number of amides is 2. The van der Waals surface area contributed by atoms with Crippen molar-refractivity contribution >= 4 is 11.8 Å². The summed E-state index contributed by atoms with van der Waals surface area (Å²) in [5.41, 5.74) is 0. The molecule has 108 valence electrons. The fourth-order valence-electron chi connectivity index (χ4n) is 3.25. The molecular formula is C14H23NO4. The van der Waals surface area contributed by atoms with E-state index in [1.54, 1.807) is 0 Å². The first-order valence-electron chi connectivity index (χ1n) is 7.14. The van der Waals surface area contributed by atoms with Crippen molar-refractivity contribution in [3.8, 4) is 0 Å². The van der Waals surface area contributed by atoms with E-state index < -0.39 is 12.2 Å². The van der Waals surface area contributed by atoms with Gasteiger partial charge in [-0.15, -0.1) is 0 Å². The SMILES string of the molecule is CN1C(=O)CC(C[C@@H](O)C2CCCC[C@@H]2O)CC1=O. The minimum absolute atomic E-state index is 0.0830. The zero-order valence-electron chi connectivity index (χ0n) is 11.4. The average molecular weight is 269 g/mol. The molecule has 0 aromatic carbocycles. The van der Waals surface area contributed by atoms with Gasteiger partial charge in [-0.2, -0.15) is 0 Å². The van der Waals surface area contributed by atoms with Crippen molar-refractivity contribution in [2.75, 3.05) is 7.05 Å². The van der Waals surface area contributed by atoms with E-state index in [-0.39, 0.29) is 23.7 Å². The summed E-state index contributed by atoms with van der Waals surface area (Å²) in [5.74, 6) is -0.519. The number of rotatable bonds is 3. The average Bonchev–Trinajstić information content (AvgIpc) is 2.36. The van der Waals surface area contributed by atoms with E-state index in [1.807, 2.05) is 0 Å². The standard InChI is InChI=1S/C14H23NO4/c1-15-13(18)7-9(8-14(15)19)6-12(17)10-4-2-3-5-11(10)16/h9-12,16-17H,2-8H2,1H3/t10?,11-,12+/m0/s1. The van der Waals surface area contributed by atoms with Crippen LogP contribution in [0.4, 0.5) is 0 Å². The molecule has 2 amide bonds. The molecule has 0 bridgehead atoms. The first-order chi connectivity index (χ1) is 8.99. The second-order valence-corrected chi connectivity index (χ2v) is 5.94. The van der Waals surface area contributed by atoms with Crippen LogP contribution in [-0.2, 0) is 9.59 Å². The van der Waals surface area contributed by atoms with Crippen LogP contribution in [0.15, 0.2) is 0 Å². The lowest BCUT2D eigenvalue weighted by Gasteiger charge is -2.34. The van der Waals surface area contributed by atoms with Crippen LogP contribution >= 0.6 is 0 Å². The van der Waals surface area contributed by atoms with Crippen molar-refractivity contribution in [2.24, 2.45) is 11.8 Å². The first-order valence-corrected chi connectivity index (χ1v) is 7.14. The third-order valence-corrected chi connectivity index (χ3v) is 4.53. The van der Waals surface area contributed by atoms with Crippen LogP contribution in [0.25, 0.3) is 0 Å². The van der Waals surface area contributed by atoms with Crippen molar-refractivity contribution < 1.29 is 19.8 Å². The molecule has 0 aromatic heterocycles. The maximum Gasteiger partial charge on any atom is 0.229 e. The molecule has 1 aliphatic heterocycles. The van der Waals surface area contributed by atoms with Crippen LogP contribution in [0.3, 0.4) is 0 Å². The van der Waals surface area contributed by atoms with Gasteiger partial charge in [-0.05, 0) is 25.2 Å². The molecule has 1 unspecified atom stereocenters. The van der Waals surface area contributed by atoms with Gasteiger partial charge in [-0.3, -0.25) is 14.5 Å². The summed E-state index contributed by atoms with van der Waals surface area (Å²) in [5, 5.41) is 20.2. The summed E-state index contributed by atoms with van der Waals surface area (Å²) < 4.78 is 0. The van der Waals surface area contributed by atoms with E-state index in [0.717, 1.165) is 25.7 Å². The van der Waals surface area contributed by atoms with Gasteiger partial charge in [-0.25, -0.2) is 0 Å². The quantitative estimate of drug-likeness (QED) is 0.739. The van der Waals surface area contributed by atoms with Gasteiger partial charge in [0.15, 0.2) is 0 Å². The van der Waals surface area contributed by atoms with E-state index in [0.29, 0.717) is 19.3 Å². The van der Waals surface area contributed by atoms with Crippen LogP contribution in [0.1, 0.15) is 44.9 Å². The maximum absolute atomic E-state index is 11.6. The summed E-state index contributed by atoms with van der Waals surface area (Å²) in [6.45, 7) is 0. The zero-order valence-corrected chi connectivity index (χ0v) is 11.4. The number of hydrogen-bond donors (Lipinski definition) is 2. The minimum atomic E-state index is -0.607. The van der Waals surface area contributed by atoms with Gasteiger partial charge in [0.25, 0.3) is 0 Å². The predicted octanol–water partition coefficient (Wildman–Crippen LogP) is 0.683. The number of likely N-dealkylation sites (tertiary alicyclic amines) is 1. The molecule has 0 aromatic rings. The molecule has 1 saturated carbocycles. The molecule has 3 atom stereocenters. The lowest BCUT2D eigenvalue weighted by Crippen LogP contribution is -2.42. The van der Waals surface area contributed by atoms with E-state index in [1.165, 1.54) is 11.9 Å². The van der Waals surface area contributed by atoms with E-state index in [2.05, 4.69) is 0 Å². The highest BCUT2D eigenvalue weighted by Crippen LogP contribution is 2.32. The van der Waals surface area contributed by atoms with Crippen molar-refractivity contribution in [1.29, 1.82) is 0 Å². The number of aliphatic hydroxyl groups excluding tert-OH is 2. The lowest BCUT2D eigenvalue weighted by molar-refractivity contribution is -0.148. The van der Waals surface area contributed by atoms with Gasteiger partial charge in [0, 0.05) is 25.8 Å². The highest BCUT2D eigenvalue weighted by atomic mass is 16.3. The van der Waals surface area contributed by atoms with Crippen molar-refractivity contribution in [3.05, 3.63) is 0 Å². The molecule has 5 nitrogen and oxygen atoms in total. The van der Waals surface area contributed by atoms with Crippen LogP contribution in [0.5, 0.6) is 0 Å². The minimum Gasteiger partial charge on any atom is -0.393 e.